The zero-order valence-electron chi connectivity index (χ0n) is 17.3. The largest absolute Gasteiger partial charge is 0.465 e. The molecular weight excluding hydrogens is 382 g/mol. The number of nitrogens with zero attached hydrogens (tertiary/aromatic N) is 1. The predicted octanol–water partition coefficient (Wildman–Crippen LogP) is 4.05. The van der Waals surface area contributed by atoms with E-state index >= 15 is 0 Å². The van der Waals surface area contributed by atoms with Crippen molar-refractivity contribution < 1.29 is 14.3 Å². The summed E-state index contributed by atoms with van der Waals surface area (Å²) in [6.07, 6.45) is 3.32. The summed E-state index contributed by atoms with van der Waals surface area (Å²) in [6, 6.07) is 0.217. The van der Waals surface area contributed by atoms with Crippen molar-refractivity contribution in [1.29, 1.82) is 0 Å². The molecule has 152 valence electrons. The van der Waals surface area contributed by atoms with Crippen LogP contribution in [0.1, 0.15) is 65.6 Å². The molecule has 0 aliphatic rings. The highest BCUT2D eigenvalue weighted by molar-refractivity contribution is 7.80. The number of hydrogen-bond donors (Lipinski definition) is 2. The van der Waals surface area contributed by atoms with E-state index in [0.717, 1.165) is 12.8 Å². The third-order valence-electron chi connectivity index (χ3n) is 4.16. The minimum atomic E-state index is -0.489. The molecule has 1 amide bonds. The second-order valence-electron chi connectivity index (χ2n) is 7.28. The van der Waals surface area contributed by atoms with E-state index in [1.807, 2.05) is 0 Å². The van der Waals surface area contributed by atoms with Crippen LogP contribution in [-0.2, 0) is 4.74 Å². The van der Waals surface area contributed by atoms with Crippen molar-refractivity contribution in [3.05, 3.63) is 16.0 Å². The van der Waals surface area contributed by atoms with E-state index in [0.29, 0.717) is 32.0 Å². The number of esters is 1. The SMILES string of the molecule is COC(=O)c1c(NC(=S)NC(C)CCCC(C)C)sc(C(=O)N(C)C)c1C. The number of methoxy groups -OCH3 is 1. The van der Waals surface area contributed by atoms with Gasteiger partial charge in [-0.05, 0) is 44.0 Å². The van der Waals surface area contributed by atoms with Gasteiger partial charge in [0.15, 0.2) is 5.11 Å². The van der Waals surface area contributed by atoms with E-state index < -0.39 is 5.97 Å². The standard InChI is InChI=1S/C19H31N3O3S2/c1-11(2)9-8-10-12(3)20-19(26)21-16-14(18(24)25-7)13(4)15(27-16)17(23)22(5)6/h11-12H,8-10H2,1-7H3,(H2,20,21,26). The highest BCUT2D eigenvalue weighted by Gasteiger charge is 2.26. The zero-order chi connectivity index (χ0) is 20.7. The van der Waals surface area contributed by atoms with E-state index in [9.17, 15) is 9.59 Å². The molecule has 1 aromatic heterocycles. The summed E-state index contributed by atoms with van der Waals surface area (Å²) in [6.45, 7) is 8.25. The number of hydrogen-bond acceptors (Lipinski definition) is 5. The molecule has 8 heteroatoms. The molecule has 0 saturated carbocycles. The third-order valence-corrected chi connectivity index (χ3v) is 5.58. The van der Waals surface area contributed by atoms with Crippen molar-refractivity contribution in [2.45, 2.75) is 53.0 Å². The van der Waals surface area contributed by atoms with Gasteiger partial charge >= 0.3 is 5.97 Å². The number of ether oxygens (including phenoxy) is 1. The fourth-order valence-electron chi connectivity index (χ4n) is 2.62. The summed E-state index contributed by atoms with van der Waals surface area (Å²) in [5.74, 6) is 0.0418. The molecule has 0 fully saturated rings. The van der Waals surface area contributed by atoms with Gasteiger partial charge in [0, 0.05) is 20.1 Å². The van der Waals surface area contributed by atoms with Crippen LogP contribution in [0.5, 0.6) is 0 Å². The van der Waals surface area contributed by atoms with Crippen molar-refractivity contribution in [3.63, 3.8) is 0 Å². The normalized spacial score (nSPS) is 11.9. The quantitative estimate of drug-likeness (QED) is 0.495. The molecule has 1 atom stereocenters. The summed E-state index contributed by atoms with van der Waals surface area (Å²) in [5.41, 5.74) is 0.949. The fraction of sp³-hybridized carbons (Fsp3) is 0.632. The average molecular weight is 414 g/mol. The number of amides is 1. The van der Waals surface area contributed by atoms with Crippen molar-refractivity contribution in [3.8, 4) is 0 Å². The van der Waals surface area contributed by atoms with Crippen molar-refractivity contribution in [2.75, 3.05) is 26.5 Å². The molecule has 1 aromatic rings. The smallest absolute Gasteiger partial charge is 0.341 e. The Morgan fingerprint density at radius 1 is 1.22 bits per heavy atom. The lowest BCUT2D eigenvalue weighted by atomic mass is 10.0. The maximum atomic E-state index is 12.4. The van der Waals surface area contributed by atoms with Crippen LogP contribution in [0.25, 0.3) is 0 Å². The van der Waals surface area contributed by atoms with Gasteiger partial charge in [0.2, 0.25) is 0 Å². The molecular formula is C19H31N3O3S2. The molecule has 2 N–H and O–H groups in total. The minimum Gasteiger partial charge on any atom is -0.465 e. The fourth-order valence-corrected chi connectivity index (χ4v) is 4.21. The summed E-state index contributed by atoms with van der Waals surface area (Å²) in [7, 11) is 4.68. The van der Waals surface area contributed by atoms with Crippen molar-refractivity contribution in [1.82, 2.24) is 10.2 Å². The maximum Gasteiger partial charge on any atom is 0.341 e. The van der Waals surface area contributed by atoms with E-state index in [-0.39, 0.29) is 11.9 Å². The Bertz CT molecular complexity index is 684. The van der Waals surface area contributed by atoms with E-state index in [2.05, 4.69) is 31.4 Å². The van der Waals surface area contributed by atoms with Gasteiger partial charge in [-0.1, -0.05) is 26.7 Å². The first-order valence-corrected chi connectivity index (χ1v) is 10.3. The molecule has 1 rings (SSSR count). The Kier molecular flexibility index (Phi) is 9.18. The monoisotopic (exact) mass is 413 g/mol. The van der Waals surface area contributed by atoms with Gasteiger partial charge in [-0.3, -0.25) is 4.79 Å². The molecule has 1 unspecified atom stereocenters. The van der Waals surface area contributed by atoms with Gasteiger partial charge in [-0.15, -0.1) is 11.3 Å². The van der Waals surface area contributed by atoms with Crippen LogP contribution in [-0.4, -0.2) is 49.1 Å². The Morgan fingerprint density at radius 3 is 2.37 bits per heavy atom. The first-order valence-electron chi connectivity index (χ1n) is 9.09. The number of anilines is 1. The summed E-state index contributed by atoms with van der Waals surface area (Å²) >= 11 is 6.62. The lowest BCUT2D eigenvalue weighted by molar-refractivity contribution is 0.0601. The lowest BCUT2D eigenvalue weighted by Crippen LogP contribution is -2.36. The molecule has 1 heterocycles. The number of thiophene rings is 1. The molecule has 0 aliphatic heterocycles. The van der Waals surface area contributed by atoms with Gasteiger partial charge in [0.05, 0.1) is 17.6 Å². The van der Waals surface area contributed by atoms with E-state index in [4.69, 9.17) is 17.0 Å². The van der Waals surface area contributed by atoms with Crippen molar-refractivity contribution >= 4 is 45.5 Å². The van der Waals surface area contributed by atoms with Crippen LogP contribution >= 0.6 is 23.6 Å². The second-order valence-corrected chi connectivity index (χ2v) is 8.70. The van der Waals surface area contributed by atoms with Gasteiger partial charge in [0.25, 0.3) is 5.91 Å². The number of rotatable bonds is 8. The van der Waals surface area contributed by atoms with Gasteiger partial charge in [0.1, 0.15) is 5.00 Å². The van der Waals surface area contributed by atoms with Gasteiger partial charge < -0.3 is 20.3 Å². The first kappa shape index (κ1) is 23.4. The van der Waals surface area contributed by atoms with E-state index in [1.54, 1.807) is 21.0 Å². The number of nitrogens with one attached hydrogen (secondary N) is 2. The van der Waals surface area contributed by atoms with Crippen molar-refractivity contribution in [2.24, 2.45) is 5.92 Å². The Morgan fingerprint density at radius 2 is 1.85 bits per heavy atom. The molecule has 0 aromatic carbocycles. The van der Waals surface area contributed by atoms with Crippen LogP contribution in [0.15, 0.2) is 0 Å². The molecule has 0 aliphatic carbocycles. The van der Waals surface area contributed by atoms with Gasteiger partial charge in [-0.25, -0.2) is 4.79 Å². The molecule has 27 heavy (non-hydrogen) atoms. The molecule has 0 spiro atoms. The Hall–Kier alpha value is -1.67. The third kappa shape index (κ3) is 6.77. The molecule has 6 nitrogen and oxygen atoms in total. The Labute approximate surface area is 171 Å². The van der Waals surface area contributed by atoms with Gasteiger partial charge in [-0.2, -0.15) is 0 Å². The number of thiocarbonyl (C=S) groups is 1. The molecule has 0 saturated heterocycles. The summed E-state index contributed by atoms with van der Waals surface area (Å²) < 4.78 is 4.89. The zero-order valence-corrected chi connectivity index (χ0v) is 18.9. The number of carbonyl (C=O) groups excluding carboxylic acids is 2. The minimum absolute atomic E-state index is 0.156. The maximum absolute atomic E-state index is 12.4. The molecule has 0 radical (unpaired) electrons. The summed E-state index contributed by atoms with van der Waals surface area (Å²) in [4.78, 5) is 26.6. The second kappa shape index (κ2) is 10.6. The average Bonchev–Trinajstić information content (AvgIpc) is 2.88. The topological polar surface area (TPSA) is 70.7 Å². The Balaban J connectivity index is 2.91. The highest BCUT2D eigenvalue weighted by Crippen LogP contribution is 2.34. The lowest BCUT2D eigenvalue weighted by Gasteiger charge is -2.17. The highest BCUT2D eigenvalue weighted by atomic mass is 32.1. The van der Waals surface area contributed by atoms with Crippen LogP contribution < -0.4 is 10.6 Å². The van der Waals surface area contributed by atoms with Crippen LogP contribution in [0.4, 0.5) is 5.00 Å². The predicted molar refractivity (Wildman–Crippen MR) is 116 cm³/mol. The molecule has 0 bridgehead atoms. The van der Waals surface area contributed by atoms with Crippen LogP contribution in [0, 0.1) is 12.8 Å². The first-order chi connectivity index (χ1) is 12.6. The number of carbonyl (C=O) groups is 2. The van der Waals surface area contributed by atoms with E-state index in [1.165, 1.54) is 29.8 Å². The summed E-state index contributed by atoms with van der Waals surface area (Å²) in [5, 5.41) is 7.28. The van der Waals surface area contributed by atoms with Crippen LogP contribution in [0.3, 0.4) is 0 Å². The van der Waals surface area contributed by atoms with Crippen LogP contribution in [0.2, 0.25) is 0 Å².